The molecule has 0 aliphatic carbocycles. The topological polar surface area (TPSA) is 58.8 Å². The normalized spacial score (nSPS) is 32.4. The van der Waals surface area contributed by atoms with Crippen LogP contribution in [0.25, 0.3) is 0 Å². The fourth-order valence-corrected chi connectivity index (χ4v) is 0.762. The Morgan fingerprint density at radius 2 is 2.50 bits per heavy atom. The Morgan fingerprint density at radius 3 is 2.70 bits per heavy atom. The van der Waals surface area contributed by atoms with E-state index in [0.717, 1.165) is 0 Å². The van der Waals surface area contributed by atoms with Crippen molar-refractivity contribution in [2.24, 2.45) is 0 Å². The van der Waals surface area contributed by atoms with Gasteiger partial charge in [-0.1, -0.05) is 6.92 Å². The number of aliphatic hydroxyl groups excluding tert-OH is 1. The van der Waals surface area contributed by atoms with Crippen LogP contribution in [0.15, 0.2) is 0 Å². The van der Waals surface area contributed by atoms with Crippen LogP contribution in [-0.2, 0) is 9.88 Å². The summed E-state index contributed by atoms with van der Waals surface area (Å²) in [5, 5.41) is 8.79. The molecule has 5 nitrogen and oxygen atoms in total. The molecule has 0 saturated carbocycles. The van der Waals surface area contributed by atoms with Gasteiger partial charge in [0.1, 0.15) is 6.61 Å². The number of aliphatic hydroxyl groups is 1. The highest BCUT2D eigenvalue weighted by molar-refractivity contribution is 4.75. The van der Waals surface area contributed by atoms with Crippen molar-refractivity contribution in [3.8, 4) is 0 Å². The van der Waals surface area contributed by atoms with E-state index in [4.69, 9.17) is 5.11 Å². The van der Waals surface area contributed by atoms with Crippen LogP contribution >= 0.6 is 0 Å². The van der Waals surface area contributed by atoms with Gasteiger partial charge in [-0.2, -0.15) is 0 Å². The highest BCUT2D eigenvalue weighted by Gasteiger charge is 2.54. The number of rotatable bonds is 2. The van der Waals surface area contributed by atoms with E-state index in [2.05, 4.69) is 9.88 Å². The van der Waals surface area contributed by atoms with E-state index in [0.29, 0.717) is 11.3 Å². The molecule has 1 aliphatic heterocycles. The summed E-state index contributed by atoms with van der Waals surface area (Å²) in [6.45, 7) is 1.68. The lowest BCUT2D eigenvalue weighted by molar-refractivity contribution is -0.880. The van der Waals surface area contributed by atoms with Gasteiger partial charge in [-0.3, -0.25) is 0 Å². The average molecular weight is 148 g/mol. The molecule has 0 aromatic rings. The Morgan fingerprint density at radius 1 is 1.80 bits per heavy atom. The zero-order chi connectivity index (χ0) is 7.61. The standard InChI is InChI=1S/C5H10NO4/c1-2-5(3-7)4-9-10-6(5)8/h7H,2-4H2,1H3/q+1. The summed E-state index contributed by atoms with van der Waals surface area (Å²) in [5.41, 5.74) is -0.875. The Bertz CT molecular complexity index is 143. The molecule has 1 rings (SSSR count). The third kappa shape index (κ3) is 0.871. The Labute approximate surface area is 58.0 Å². The zero-order valence-corrected chi connectivity index (χ0v) is 5.74. The smallest absolute Gasteiger partial charge is 0.319 e. The lowest BCUT2D eigenvalue weighted by atomic mass is 10.0. The summed E-state index contributed by atoms with van der Waals surface area (Å²) in [5.74, 6) is 0. The van der Waals surface area contributed by atoms with E-state index in [1.165, 1.54) is 0 Å². The van der Waals surface area contributed by atoms with Gasteiger partial charge in [0.05, 0.1) is 4.91 Å². The molecule has 0 radical (unpaired) electrons. The molecule has 5 heteroatoms. The van der Waals surface area contributed by atoms with Crippen LogP contribution in [-0.4, -0.2) is 28.8 Å². The second-order valence-electron chi connectivity index (χ2n) is 2.33. The first-order valence-corrected chi connectivity index (χ1v) is 3.13. The van der Waals surface area contributed by atoms with Crippen molar-refractivity contribution in [3.63, 3.8) is 0 Å². The van der Waals surface area contributed by atoms with Crippen molar-refractivity contribution in [2.45, 2.75) is 18.9 Å². The minimum Gasteiger partial charge on any atom is -0.389 e. The monoisotopic (exact) mass is 148 g/mol. The van der Waals surface area contributed by atoms with Crippen molar-refractivity contribution >= 4 is 0 Å². The molecular formula is C5H10NO4+. The van der Waals surface area contributed by atoms with Gasteiger partial charge in [0.2, 0.25) is 0 Å². The van der Waals surface area contributed by atoms with E-state index in [1.54, 1.807) is 6.92 Å². The molecule has 10 heavy (non-hydrogen) atoms. The third-order valence-corrected chi connectivity index (χ3v) is 1.79. The van der Waals surface area contributed by atoms with E-state index < -0.39 is 5.54 Å². The molecule has 0 aromatic heterocycles. The Hall–Kier alpha value is -0.680. The first-order valence-electron chi connectivity index (χ1n) is 3.13. The zero-order valence-electron chi connectivity index (χ0n) is 5.74. The minimum atomic E-state index is -0.875. The maximum absolute atomic E-state index is 10.8. The molecule has 0 amide bonds. The van der Waals surface area contributed by atoms with Crippen LogP contribution in [0.5, 0.6) is 0 Å². The van der Waals surface area contributed by atoms with Crippen molar-refractivity contribution in [1.82, 2.24) is 0 Å². The summed E-state index contributed by atoms with van der Waals surface area (Å²) >= 11 is 0. The predicted molar refractivity (Wildman–Crippen MR) is 30.8 cm³/mol. The maximum Gasteiger partial charge on any atom is 0.319 e. The average Bonchev–Trinajstić information content (AvgIpc) is 2.32. The quantitative estimate of drug-likeness (QED) is 0.550. The van der Waals surface area contributed by atoms with E-state index >= 15 is 0 Å². The largest absolute Gasteiger partial charge is 0.389 e. The van der Waals surface area contributed by atoms with Crippen molar-refractivity contribution in [3.05, 3.63) is 4.91 Å². The second-order valence-corrected chi connectivity index (χ2v) is 2.33. The van der Waals surface area contributed by atoms with Crippen molar-refractivity contribution in [1.29, 1.82) is 0 Å². The molecule has 1 heterocycles. The van der Waals surface area contributed by atoms with Gasteiger partial charge >= 0.3 is 5.54 Å². The first-order chi connectivity index (χ1) is 4.75. The molecule has 1 saturated heterocycles. The molecular weight excluding hydrogens is 138 g/mol. The fourth-order valence-electron chi connectivity index (χ4n) is 0.762. The molecule has 1 unspecified atom stereocenters. The molecule has 0 bridgehead atoms. The number of nitrogens with zero attached hydrogens (tertiary/aromatic N) is 1. The van der Waals surface area contributed by atoms with Gasteiger partial charge < -0.3 is 5.11 Å². The molecule has 1 N–H and O–H groups in total. The van der Waals surface area contributed by atoms with Gasteiger partial charge in [0.25, 0.3) is 4.92 Å². The van der Waals surface area contributed by atoms with Crippen LogP contribution in [0.4, 0.5) is 0 Å². The van der Waals surface area contributed by atoms with Crippen LogP contribution in [0.3, 0.4) is 0 Å². The summed E-state index contributed by atoms with van der Waals surface area (Å²) in [6, 6.07) is 0. The molecule has 0 spiro atoms. The predicted octanol–water partition coefficient (Wildman–Crippen LogP) is -0.217. The van der Waals surface area contributed by atoms with Gasteiger partial charge in [-0.15, -0.1) is 4.89 Å². The summed E-state index contributed by atoms with van der Waals surface area (Å²) in [7, 11) is 0. The summed E-state index contributed by atoms with van der Waals surface area (Å²) < 4.78 is 0. The fraction of sp³-hybridized carbons (Fsp3) is 1.00. The SMILES string of the molecule is CCC1(CO)COO[N+]1=O. The van der Waals surface area contributed by atoms with Crippen molar-refractivity contribution < 1.29 is 19.9 Å². The van der Waals surface area contributed by atoms with Crippen LogP contribution < -0.4 is 0 Å². The van der Waals surface area contributed by atoms with E-state index in [-0.39, 0.29) is 13.2 Å². The molecule has 58 valence electrons. The maximum atomic E-state index is 10.8. The number of hydrogen-bond acceptors (Lipinski definition) is 4. The van der Waals surface area contributed by atoms with E-state index in [1.807, 2.05) is 0 Å². The molecule has 1 aliphatic rings. The highest BCUT2D eigenvalue weighted by Crippen LogP contribution is 2.21. The summed E-state index contributed by atoms with van der Waals surface area (Å²) in [6.07, 6.45) is 0.507. The molecule has 0 aromatic carbocycles. The van der Waals surface area contributed by atoms with Gasteiger partial charge in [0, 0.05) is 6.42 Å². The van der Waals surface area contributed by atoms with Crippen LogP contribution in [0.1, 0.15) is 13.3 Å². The Kier molecular flexibility index (Phi) is 1.87. The molecule has 1 fully saturated rings. The first kappa shape index (κ1) is 7.43. The summed E-state index contributed by atoms with van der Waals surface area (Å²) in [4.78, 5) is 19.7. The van der Waals surface area contributed by atoms with Gasteiger partial charge in [0.15, 0.2) is 6.61 Å². The lowest BCUT2D eigenvalue weighted by Gasteiger charge is -2.05. The van der Waals surface area contributed by atoms with E-state index in [9.17, 15) is 4.91 Å². The lowest BCUT2D eigenvalue weighted by Crippen LogP contribution is -2.41. The van der Waals surface area contributed by atoms with Gasteiger partial charge in [-0.25, -0.2) is 0 Å². The Balaban J connectivity index is 2.71. The molecule has 1 atom stereocenters. The second kappa shape index (κ2) is 2.51. The number of hydrogen-bond donors (Lipinski definition) is 1. The van der Waals surface area contributed by atoms with Crippen molar-refractivity contribution in [2.75, 3.05) is 13.2 Å². The third-order valence-electron chi connectivity index (χ3n) is 1.79. The minimum absolute atomic E-state index is 0.128. The van der Waals surface area contributed by atoms with Crippen LogP contribution in [0, 0.1) is 4.91 Å². The van der Waals surface area contributed by atoms with Crippen LogP contribution in [0.2, 0.25) is 0 Å². The highest BCUT2D eigenvalue weighted by atomic mass is 17.3. The van der Waals surface area contributed by atoms with Gasteiger partial charge in [-0.05, 0) is 4.99 Å².